The van der Waals surface area contributed by atoms with E-state index in [1.54, 1.807) is 13.8 Å². The number of carbonyl (C=O) groups is 4. The summed E-state index contributed by atoms with van der Waals surface area (Å²) >= 11 is 0. The van der Waals surface area contributed by atoms with Crippen molar-refractivity contribution >= 4 is 35.0 Å². The lowest BCUT2D eigenvalue weighted by atomic mass is 10.1. The van der Waals surface area contributed by atoms with Crippen LogP contribution in [0.2, 0.25) is 0 Å². The van der Waals surface area contributed by atoms with Gasteiger partial charge < -0.3 is 18.9 Å². The Morgan fingerprint density at radius 2 is 0.962 bits per heavy atom. The summed E-state index contributed by atoms with van der Waals surface area (Å²) in [4.78, 5) is 47.8. The molecule has 0 spiro atoms. The Hall–Kier alpha value is -3.16. The third-order valence-corrected chi connectivity index (χ3v) is 3.20. The topological polar surface area (TPSA) is 105 Å². The fourth-order valence-corrected chi connectivity index (χ4v) is 2.05. The SMILES string of the molecule is CCOC(=O)C(C(=O)OCC)=c1ccc(=C(C(=O)OC)C(=O)OC)cc1. The average molecular weight is 364 g/mol. The molecule has 0 heterocycles. The van der Waals surface area contributed by atoms with Crippen molar-refractivity contribution in [2.24, 2.45) is 0 Å². The van der Waals surface area contributed by atoms with Crippen LogP contribution < -0.4 is 10.4 Å². The molecule has 8 nitrogen and oxygen atoms in total. The second-order valence-corrected chi connectivity index (χ2v) is 4.75. The van der Waals surface area contributed by atoms with Crippen LogP contribution in [-0.4, -0.2) is 51.3 Å². The largest absolute Gasteiger partial charge is 0.465 e. The van der Waals surface area contributed by atoms with Crippen molar-refractivity contribution in [3.05, 3.63) is 34.7 Å². The van der Waals surface area contributed by atoms with Crippen LogP contribution in [0, 0.1) is 0 Å². The first-order valence-corrected chi connectivity index (χ1v) is 7.76. The first kappa shape index (κ1) is 20.9. The molecule has 0 aliphatic carbocycles. The molecule has 8 heteroatoms. The summed E-state index contributed by atoms with van der Waals surface area (Å²) in [7, 11) is 2.26. The van der Waals surface area contributed by atoms with E-state index in [1.165, 1.54) is 24.3 Å². The predicted molar refractivity (Wildman–Crippen MR) is 89.8 cm³/mol. The molecule has 1 aromatic rings. The molecule has 0 aliphatic heterocycles. The van der Waals surface area contributed by atoms with E-state index < -0.39 is 23.9 Å². The van der Waals surface area contributed by atoms with Crippen molar-refractivity contribution in [3.8, 4) is 0 Å². The van der Waals surface area contributed by atoms with E-state index in [0.29, 0.717) is 0 Å². The zero-order chi connectivity index (χ0) is 19.7. The molecule has 0 bridgehead atoms. The van der Waals surface area contributed by atoms with Gasteiger partial charge in [-0.05, 0) is 24.3 Å². The lowest BCUT2D eigenvalue weighted by Crippen LogP contribution is -2.27. The number of carbonyl (C=O) groups excluding carboxylic acids is 4. The van der Waals surface area contributed by atoms with Gasteiger partial charge >= 0.3 is 23.9 Å². The molecule has 0 radical (unpaired) electrons. The van der Waals surface area contributed by atoms with E-state index in [4.69, 9.17) is 9.47 Å². The van der Waals surface area contributed by atoms with Gasteiger partial charge in [-0.25, -0.2) is 19.2 Å². The fraction of sp³-hybridized carbons (Fsp3) is 0.333. The predicted octanol–water partition coefficient (Wildman–Crippen LogP) is -0.540. The smallest absolute Gasteiger partial charge is 0.346 e. The van der Waals surface area contributed by atoms with Gasteiger partial charge in [0.15, 0.2) is 11.1 Å². The number of esters is 4. The van der Waals surface area contributed by atoms with Gasteiger partial charge in [-0.15, -0.1) is 0 Å². The third kappa shape index (κ3) is 4.92. The van der Waals surface area contributed by atoms with Gasteiger partial charge in [0.1, 0.15) is 0 Å². The van der Waals surface area contributed by atoms with Crippen molar-refractivity contribution < 1.29 is 38.1 Å². The second-order valence-electron chi connectivity index (χ2n) is 4.75. The second kappa shape index (κ2) is 9.97. The van der Waals surface area contributed by atoms with Gasteiger partial charge in [-0.1, -0.05) is 24.3 Å². The summed E-state index contributed by atoms with van der Waals surface area (Å²) in [5.41, 5.74) is -0.590. The van der Waals surface area contributed by atoms with E-state index in [-0.39, 0.29) is 34.8 Å². The van der Waals surface area contributed by atoms with Crippen LogP contribution in [0.15, 0.2) is 24.3 Å². The molecule has 0 atom stereocenters. The molecule has 0 aliphatic rings. The minimum Gasteiger partial charge on any atom is -0.465 e. The summed E-state index contributed by atoms with van der Waals surface area (Å²) in [6.07, 6.45) is 0. The van der Waals surface area contributed by atoms with Crippen LogP contribution in [0.25, 0.3) is 11.1 Å². The van der Waals surface area contributed by atoms with E-state index in [0.717, 1.165) is 14.2 Å². The number of methoxy groups -OCH3 is 2. The van der Waals surface area contributed by atoms with Gasteiger partial charge in [-0.2, -0.15) is 0 Å². The number of ether oxygens (including phenoxy) is 4. The van der Waals surface area contributed by atoms with Crippen molar-refractivity contribution in [2.75, 3.05) is 27.4 Å². The molecule has 0 saturated heterocycles. The number of hydrogen-bond acceptors (Lipinski definition) is 8. The Labute approximate surface area is 150 Å². The summed E-state index contributed by atoms with van der Waals surface area (Å²) in [5, 5.41) is 0.430. The molecular weight excluding hydrogens is 344 g/mol. The van der Waals surface area contributed by atoms with Crippen LogP contribution in [0.4, 0.5) is 0 Å². The van der Waals surface area contributed by atoms with Gasteiger partial charge in [0, 0.05) is 0 Å². The molecule has 1 rings (SSSR count). The summed E-state index contributed by atoms with van der Waals surface area (Å²) < 4.78 is 18.9. The summed E-state index contributed by atoms with van der Waals surface area (Å²) in [5.74, 6) is -3.40. The number of rotatable bonds is 6. The lowest BCUT2D eigenvalue weighted by molar-refractivity contribution is -0.143. The third-order valence-electron chi connectivity index (χ3n) is 3.20. The Morgan fingerprint density at radius 3 is 1.23 bits per heavy atom. The van der Waals surface area contributed by atoms with Crippen molar-refractivity contribution in [1.29, 1.82) is 0 Å². The number of benzene rings is 1. The van der Waals surface area contributed by atoms with E-state index in [2.05, 4.69) is 9.47 Å². The van der Waals surface area contributed by atoms with Crippen molar-refractivity contribution in [2.45, 2.75) is 13.8 Å². The maximum Gasteiger partial charge on any atom is 0.346 e. The van der Waals surface area contributed by atoms with E-state index >= 15 is 0 Å². The molecule has 0 unspecified atom stereocenters. The van der Waals surface area contributed by atoms with Gasteiger partial charge in [0.05, 0.1) is 27.4 Å². The zero-order valence-electron chi connectivity index (χ0n) is 15.0. The average Bonchev–Trinajstić information content (AvgIpc) is 2.63. The van der Waals surface area contributed by atoms with E-state index in [9.17, 15) is 19.2 Å². The van der Waals surface area contributed by atoms with Crippen LogP contribution in [0.5, 0.6) is 0 Å². The molecule has 1 aromatic carbocycles. The van der Waals surface area contributed by atoms with E-state index in [1.807, 2.05) is 0 Å². The van der Waals surface area contributed by atoms with Crippen molar-refractivity contribution in [3.63, 3.8) is 0 Å². The summed E-state index contributed by atoms with van der Waals surface area (Å²) in [6.45, 7) is 3.39. The fourth-order valence-electron chi connectivity index (χ4n) is 2.05. The van der Waals surface area contributed by atoms with Crippen LogP contribution >= 0.6 is 0 Å². The molecule has 0 fully saturated rings. The Kier molecular flexibility index (Phi) is 8.01. The quantitative estimate of drug-likeness (QED) is 0.376. The molecule has 26 heavy (non-hydrogen) atoms. The highest BCUT2D eigenvalue weighted by molar-refractivity contribution is 6.37. The highest BCUT2D eigenvalue weighted by Gasteiger charge is 2.23. The first-order valence-electron chi connectivity index (χ1n) is 7.76. The normalized spacial score (nSPS) is 9.69. The zero-order valence-corrected chi connectivity index (χ0v) is 15.0. The highest BCUT2D eigenvalue weighted by atomic mass is 16.6. The monoisotopic (exact) mass is 364 g/mol. The Morgan fingerprint density at radius 1 is 0.654 bits per heavy atom. The highest BCUT2D eigenvalue weighted by Crippen LogP contribution is 2.03. The van der Waals surface area contributed by atoms with Crippen LogP contribution in [0.3, 0.4) is 0 Å². The summed E-state index contributed by atoms with van der Waals surface area (Å²) in [6, 6.07) is 5.56. The molecule has 0 saturated carbocycles. The van der Waals surface area contributed by atoms with Gasteiger partial charge in [0.25, 0.3) is 0 Å². The van der Waals surface area contributed by atoms with Crippen molar-refractivity contribution in [1.82, 2.24) is 0 Å². The maximum atomic E-state index is 12.1. The molecule has 140 valence electrons. The molecular formula is C18H20O8. The lowest BCUT2D eigenvalue weighted by Gasteiger charge is -2.07. The molecule has 0 aromatic heterocycles. The maximum absolute atomic E-state index is 12.1. The minimum absolute atomic E-state index is 0.0857. The number of hydrogen-bond donors (Lipinski definition) is 0. The molecule has 0 amide bonds. The van der Waals surface area contributed by atoms with Gasteiger partial charge in [0.2, 0.25) is 0 Å². The Balaban J connectivity index is 3.63. The van der Waals surface area contributed by atoms with Crippen LogP contribution in [-0.2, 0) is 38.1 Å². The standard InChI is InChI=1S/C18H20O8/c1-5-25-17(21)14(18(22)26-6-2)12-9-7-11(8-10-12)13(15(19)23-3)16(20)24-4/h7-10H,5-6H2,1-4H3. The first-order chi connectivity index (χ1) is 12.4. The Bertz CT molecular complexity index is 761. The molecule has 0 N–H and O–H groups in total. The van der Waals surface area contributed by atoms with Crippen LogP contribution in [0.1, 0.15) is 13.8 Å². The van der Waals surface area contributed by atoms with Gasteiger partial charge in [-0.3, -0.25) is 0 Å². The minimum atomic E-state index is -0.871.